The zero-order chi connectivity index (χ0) is 18.1. The summed E-state index contributed by atoms with van der Waals surface area (Å²) in [4.78, 5) is 22.9. The van der Waals surface area contributed by atoms with E-state index in [0.29, 0.717) is 36.1 Å². The number of carboxylic acid groups (broad SMARTS) is 1. The monoisotopic (exact) mass is 346 g/mol. The maximum Gasteiger partial charge on any atom is 0.342 e. The zero-order valence-corrected chi connectivity index (χ0v) is 14.4. The number of aliphatic carboxylic acids is 1. The number of benzene rings is 1. The van der Waals surface area contributed by atoms with Gasteiger partial charge in [-0.2, -0.15) is 0 Å². The van der Waals surface area contributed by atoms with Crippen LogP contribution in [0.5, 0.6) is 11.5 Å². The van der Waals surface area contributed by atoms with Gasteiger partial charge in [0.25, 0.3) is 0 Å². The molecule has 2 aliphatic rings. The first-order chi connectivity index (χ1) is 11.9. The van der Waals surface area contributed by atoms with Crippen LogP contribution in [-0.2, 0) is 22.6 Å². The fourth-order valence-electron chi connectivity index (χ4n) is 3.71. The summed E-state index contributed by atoms with van der Waals surface area (Å²) in [7, 11) is 1.54. The summed E-state index contributed by atoms with van der Waals surface area (Å²) < 4.78 is 10.5. The summed E-state index contributed by atoms with van der Waals surface area (Å²) in [5, 5.41) is 19.6. The third-order valence-corrected chi connectivity index (χ3v) is 5.22. The van der Waals surface area contributed by atoms with Crippen molar-refractivity contribution < 1.29 is 29.3 Å². The number of carbonyl (C=O) groups is 2. The largest absolute Gasteiger partial charge is 0.507 e. The minimum absolute atomic E-state index is 0.0731. The van der Waals surface area contributed by atoms with Crippen LogP contribution in [0.4, 0.5) is 0 Å². The van der Waals surface area contributed by atoms with Crippen LogP contribution in [0.25, 0.3) is 0 Å². The lowest BCUT2D eigenvalue weighted by molar-refractivity contribution is -0.142. The molecule has 0 unspecified atom stereocenters. The molecular weight excluding hydrogens is 324 g/mol. The SMILES string of the molecule is COc1c(C)c2c(c(O)c1CC=C1CCC(C(=O)O)CC1)C(=O)OC2. The average molecular weight is 346 g/mol. The highest BCUT2D eigenvalue weighted by Crippen LogP contribution is 2.42. The number of allylic oxidation sites excluding steroid dienone is 2. The number of carboxylic acids is 1. The van der Waals surface area contributed by atoms with Crippen molar-refractivity contribution in [1.82, 2.24) is 0 Å². The smallest absolute Gasteiger partial charge is 0.342 e. The van der Waals surface area contributed by atoms with E-state index in [-0.39, 0.29) is 23.8 Å². The lowest BCUT2D eigenvalue weighted by Crippen LogP contribution is -2.17. The first kappa shape index (κ1) is 17.3. The van der Waals surface area contributed by atoms with E-state index in [1.807, 2.05) is 13.0 Å². The van der Waals surface area contributed by atoms with Crippen LogP contribution in [-0.4, -0.2) is 29.3 Å². The number of hydrogen-bond donors (Lipinski definition) is 2. The third kappa shape index (κ3) is 3.08. The Kier molecular flexibility index (Phi) is 4.70. The molecule has 0 atom stereocenters. The predicted octanol–water partition coefficient (Wildman–Crippen LogP) is 3.12. The van der Waals surface area contributed by atoms with Gasteiger partial charge in [-0.25, -0.2) is 4.79 Å². The van der Waals surface area contributed by atoms with Gasteiger partial charge in [0.1, 0.15) is 23.7 Å². The first-order valence-electron chi connectivity index (χ1n) is 8.43. The van der Waals surface area contributed by atoms with Crippen LogP contribution < -0.4 is 4.74 Å². The molecule has 0 bridgehead atoms. The van der Waals surface area contributed by atoms with Gasteiger partial charge in [0.2, 0.25) is 0 Å². The molecule has 6 nitrogen and oxygen atoms in total. The standard InChI is InChI=1S/C19H22O6/c1-10-14-9-25-19(23)15(14)16(20)13(17(10)24-2)8-5-11-3-6-12(7-4-11)18(21)22/h5,12,20H,3-4,6-9H2,1-2H3,(H,21,22). The summed E-state index contributed by atoms with van der Waals surface area (Å²) >= 11 is 0. The molecule has 1 aromatic carbocycles. The molecule has 0 amide bonds. The first-order valence-corrected chi connectivity index (χ1v) is 8.43. The van der Waals surface area contributed by atoms with Gasteiger partial charge in [-0.15, -0.1) is 0 Å². The number of fused-ring (bicyclic) bond motifs is 1. The predicted molar refractivity (Wildman–Crippen MR) is 89.9 cm³/mol. The van der Waals surface area contributed by atoms with Gasteiger partial charge >= 0.3 is 11.9 Å². The lowest BCUT2D eigenvalue weighted by atomic mass is 9.85. The molecule has 0 radical (unpaired) electrons. The second kappa shape index (κ2) is 6.78. The van der Waals surface area contributed by atoms with Crippen LogP contribution in [0.3, 0.4) is 0 Å². The highest BCUT2D eigenvalue weighted by Gasteiger charge is 2.32. The molecule has 0 saturated heterocycles. The number of carbonyl (C=O) groups excluding carboxylic acids is 1. The number of phenolic OH excluding ortho intramolecular Hbond substituents is 1. The fraction of sp³-hybridized carbons (Fsp3) is 0.474. The molecule has 0 aromatic heterocycles. The number of rotatable bonds is 4. The number of esters is 1. The Balaban J connectivity index is 1.87. The Bertz CT molecular complexity index is 752. The average Bonchev–Trinajstić information content (AvgIpc) is 2.99. The van der Waals surface area contributed by atoms with Gasteiger partial charge in [-0.3, -0.25) is 4.79 Å². The summed E-state index contributed by atoms with van der Waals surface area (Å²) in [6, 6.07) is 0. The molecule has 1 aliphatic heterocycles. The summed E-state index contributed by atoms with van der Waals surface area (Å²) in [5.74, 6) is -1.00. The van der Waals surface area contributed by atoms with Crippen molar-refractivity contribution in [3.63, 3.8) is 0 Å². The number of aromatic hydroxyl groups is 1. The van der Waals surface area contributed by atoms with Crippen molar-refractivity contribution in [2.75, 3.05) is 7.11 Å². The van der Waals surface area contributed by atoms with Gasteiger partial charge in [-0.1, -0.05) is 11.6 Å². The van der Waals surface area contributed by atoms with Crippen molar-refractivity contribution >= 4 is 11.9 Å². The molecule has 6 heteroatoms. The normalized spacial score (nSPS) is 19.4. The van der Waals surface area contributed by atoms with Crippen LogP contribution in [0.1, 0.15) is 52.7 Å². The Morgan fingerprint density at radius 3 is 2.64 bits per heavy atom. The van der Waals surface area contributed by atoms with Gasteiger partial charge in [0, 0.05) is 11.1 Å². The van der Waals surface area contributed by atoms with E-state index in [4.69, 9.17) is 14.6 Å². The molecule has 25 heavy (non-hydrogen) atoms. The molecule has 1 aliphatic carbocycles. The minimum atomic E-state index is -0.730. The number of methoxy groups -OCH3 is 1. The molecule has 1 heterocycles. The van der Waals surface area contributed by atoms with Gasteiger partial charge in [-0.05, 0) is 44.6 Å². The molecule has 134 valence electrons. The molecule has 1 fully saturated rings. The summed E-state index contributed by atoms with van der Waals surface area (Å²) in [6.45, 7) is 2.01. The maximum atomic E-state index is 11.9. The van der Waals surface area contributed by atoms with E-state index < -0.39 is 11.9 Å². The van der Waals surface area contributed by atoms with Crippen molar-refractivity contribution in [1.29, 1.82) is 0 Å². The molecule has 2 N–H and O–H groups in total. The number of hydrogen-bond acceptors (Lipinski definition) is 5. The molecule has 3 rings (SSSR count). The third-order valence-electron chi connectivity index (χ3n) is 5.22. The van der Waals surface area contributed by atoms with Crippen molar-refractivity contribution in [3.8, 4) is 11.5 Å². The Labute approximate surface area is 146 Å². The van der Waals surface area contributed by atoms with E-state index in [1.54, 1.807) is 7.11 Å². The van der Waals surface area contributed by atoms with E-state index in [2.05, 4.69) is 0 Å². The zero-order valence-electron chi connectivity index (χ0n) is 14.4. The number of ether oxygens (including phenoxy) is 2. The van der Waals surface area contributed by atoms with Crippen molar-refractivity contribution in [2.24, 2.45) is 5.92 Å². The summed E-state index contributed by atoms with van der Waals surface area (Å²) in [5.41, 5.74) is 3.48. The van der Waals surface area contributed by atoms with Crippen LogP contribution in [0, 0.1) is 12.8 Å². The minimum Gasteiger partial charge on any atom is -0.507 e. The van der Waals surface area contributed by atoms with Gasteiger partial charge < -0.3 is 19.7 Å². The fourth-order valence-corrected chi connectivity index (χ4v) is 3.71. The van der Waals surface area contributed by atoms with E-state index >= 15 is 0 Å². The second-order valence-electron chi connectivity index (χ2n) is 6.59. The van der Waals surface area contributed by atoms with E-state index in [0.717, 1.165) is 18.4 Å². The van der Waals surface area contributed by atoms with Crippen molar-refractivity contribution in [3.05, 3.63) is 33.9 Å². The molecule has 1 aromatic rings. The van der Waals surface area contributed by atoms with Crippen LogP contribution in [0.2, 0.25) is 0 Å². The van der Waals surface area contributed by atoms with Crippen LogP contribution >= 0.6 is 0 Å². The van der Waals surface area contributed by atoms with E-state index in [9.17, 15) is 14.7 Å². The molecule has 1 saturated carbocycles. The molecular formula is C19H22O6. The van der Waals surface area contributed by atoms with E-state index in [1.165, 1.54) is 5.57 Å². The quantitative estimate of drug-likeness (QED) is 0.643. The van der Waals surface area contributed by atoms with Crippen molar-refractivity contribution in [2.45, 2.75) is 45.6 Å². The topological polar surface area (TPSA) is 93.1 Å². The maximum absolute atomic E-state index is 11.9. The molecule has 0 spiro atoms. The number of phenols is 1. The lowest BCUT2D eigenvalue weighted by Gasteiger charge is -2.21. The highest BCUT2D eigenvalue weighted by atomic mass is 16.5. The Morgan fingerprint density at radius 1 is 1.36 bits per heavy atom. The van der Waals surface area contributed by atoms with Gasteiger partial charge in [0.05, 0.1) is 13.0 Å². The van der Waals surface area contributed by atoms with Crippen LogP contribution in [0.15, 0.2) is 11.6 Å². The van der Waals surface area contributed by atoms with Gasteiger partial charge in [0.15, 0.2) is 0 Å². The number of cyclic esters (lactones) is 1. The second-order valence-corrected chi connectivity index (χ2v) is 6.59. The Hall–Kier alpha value is -2.50. The highest BCUT2D eigenvalue weighted by molar-refractivity contribution is 5.98. The Morgan fingerprint density at radius 2 is 2.04 bits per heavy atom. The summed E-state index contributed by atoms with van der Waals surface area (Å²) in [6.07, 6.45) is 5.21.